The van der Waals surface area contributed by atoms with Crippen molar-refractivity contribution >= 4 is 17.7 Å². The summed E-state index contributed by atoms with van der Waals surface area (Å²) in [6.45, 7) is 0.506. The molecular formula is C25H21F4N3Na2O6. The average Bonchev–Trinajstić information content (AvgIpc) is 2.83. The normalized spacial score (nSPS) is 11.4. The molecule has 0 saturated carbocycles. The number of alkyl halides is 4. The van der Waals surface area contributed by atoms with Gasteiger partial charge in [-0.1, -0.05) is 23.9 Å². The number of urea groups is 1. The summed E-state index contributed by atoms with van der Waals surface area (Å²) >= 11 is 0. The van der Waals surface area contributed by atoms with Crippen molar-refractivity contribution in [3.8, 4) is 22.6 Å². The van der Waals surface area contributed by atoms with E-state index in [-0.39, 0.29) is 81.4 Å². The smallest absolute Gasteiger partial charge is 0.871 e. The van der Waals surface area contributed by atoms with Crippen LogP contribution in [0.1, 0.15) is 29.3 Å². The molecule has 0 aliphatic rings. The standard InChI is InChI=1S/C25H23F4N3O6.2Na/c1-13-6-20(33)22(23(36)32(13)2)31-24(37)30-19(11-21(34)35)17-8-14(12-26)7-16(9-17)15-4-3-5-18(10-15)38-25(27,28)29;;/h3-10,19,33H,11-12H2,1-2H3,(H,34,35)(H2,30,31,37);;/q;2*+1/p-2/t19-;;/m0../s1. The fraction of sp³-hybridized carbons (Fsp3) is 0.240. The van der Waals surface area contributed by atoms with Gasteiger partial charge in [0, 0.05) is 25.1 Å². The number of anilines is 1. The number of aryl methyl sites for hydroxylation is 1. The second kappa shape index (κ2) is 14.9. The van der Waals surface area contributed by atoms with Crippen LogP contribution in [0.3, 0.4) is 0 Å². The average molecular weight is 581 g/mol. The van der Waals surface area contributed by atoms with Crippen molar-refractivity contribution in [2.75, 3.05) is 5.32 Å². The first kappa shape index (κ1) is 35.5. The molecule has 1 heterocycles. The Morgan fingerprint density at radius 1 is 1.07 bits per heavy atom. The fourth-order valence-electron chi connectivity index (χ4n) is 3.67. The van der Waals surface area contributed by atoms with Crippen molar-refractivity contribution in [3.05, 3.63) is 75.7 Å². The van der Waals surface area contributed by atoms with Crippen LogP contribution >= 0.6 is 0 Å². The number of rotatable bonds is 8. The number of halogens is 4. The topological polar surface area (TPSA) is 136 Å². The number of carbonyl (C=O) groups excluding carboxylic acids is 2. The van der Waals surface area contributed by atoms with E-state index in [1.807, 2.05) is 0 Å². The predicted molar refractivity (Wildman–Crippen MR) is 124 cm³/mol. The van der Waals surface area contributed by atoms with Gasteiger partial charge < -0.3 is 34.9 Å². The van der Waals surface area contributed by atoms with E-state index in [1.54, 1.807) is 0 Å². The molecule has 3 rings (SSSR count). The van der Waals surface area contributed by atoms with Gasteiger partial charge in [-0.2, -0.15) is 0 Å². The van der Waals surface area contributed by atoms with E-state index in [9.17, 15) is 42.2 Å². The molecular weight excluding hydrogens is 560 g/mol. The quantitative estimate of drug-likeness (QED) is 0.213. The number of amides is 2. The summed E-state index contributed by atoms with van der Waals surface area (Å²) in [6.07, 6.45) is -5.72. The number of carboxylic acids is 1. The van der Waals surface area contributed by atoms with E-state index in [1.165, 1.54) is 44.3 Å². The van der Waals surface area contributed by atoms with Gasteiger partial charge in [0.2, 0.25) is 0 Å². The minimum atomic E-state index is -4.94. The van der Waals surface area contributed by atoms with Crippen molar-refractivity contribution in [1.82, 2.24) is 9.88 Å². The summed E-state index contributed by atoms with van der Waals surface area (Å²) < 4.78 is 56.6. The van der Waals surface area contributed by atoms with Crippen molar-refractivity contribution < 1.29 is 101 Å². The van der Waals surface area contributed by atoms with Gasteiger partial charge in [0.05, 0.1) is 6.04 Å². The molecule has 9 nitrogen and oxygen atoms in total. The van der Waals surface area contributed by atoms with E-state index >= 15 is 0 Å². The zero-order chi connectivity index (χ0) is 28.2. The predicted octanol–water partition coefficient (Wildman–Crippen LogP) is -3.19. The van der Waals surface area contributed by atoms with Crippen LogP contribution in [0.5, 0.6) is 11.5 Å². The molecule has 2 N–H and O–H groups in total. The zero-order valence-electron chi connectivity index (χ0n) is 22.0. The Bertz CT molecular complexity index is 1430. The molecule has 0 aliphatic heterocycles. The Hall–Kier alpha value is -2.55. The van der Waals surface area contributed by atoms with E-state index in [0.29, 0.717) is 5.69 Å². The molecule has 40 heavy (non-hydrogen) atoms. The number of nitrogens with zero attached hydrogens (tertiary/aromatic N) is 1. The minimum Gasteiger partial charge on any atom is -0.871 e. The molecule has 3 aromatic rings. The van der Waals surface area contributed by atoms with Crippen LogP contribution in [-0.4, -0.2) is 22.9 Å². The van der Waals surface area contributed by atoms with Crippen LogP contribution < -0.4 is 90.3 Å². The SMILES string of the molecule is Cc1cc([O-])c(NC(=O)N[C@@H](CC(=O)[O-])c2cc(CF)cc(-c3cccc(OC(F)(F)F)c3)c2)c(=O)n1C.[Na+].[Na+]. The number of carbonyl (C=O) groups is 2. The molecule has 202 valence electrons. The van der Waals surface area contributed by atoms with Crippen LogP contribution in [0.15, 0.2) is 53.3 Å². The number of aliphatic carboxylic acids is 1. The molecule has 0 aliphatic carbocycles. The van der Waals surface area contributed by atoms with Gasteiger partial charge in [-0.25, -0.2) is 9.18 Å². The molecule has 0 radical (unpaired) electrons. The van der Waals surface area contributed by atoms with Gasteiger partial charge in [0.25, 0.3) is 5.56 Å². The molecule has 1 aromatic heterocycles. The number of aromatic nitrogens is 1. The third-order valence-electron chi connectivity index (χ3n) is 5.52. The van der Waals surface area contributed by atoms with Gasteiger partial charge in [-0.15, -0.1) is 13.2 Å². The first-order valence-electron chi connectivity index (χ1n) is 11.0. The number of nitrogens with one attached hydrogen (secondary N) is 2. The number of hydrogen-bond donors (Lipinski definition) is 2. The molecule has 0 spiro atoms. The van der Waals surface area contributed by atoms with Crippen molar-refractivity contribution in [2.24, 2.45) is 7.05 Å². The molecule has 0 fully saturated rings. The van der Waals surface area contributed by atoms with Gasteiger partial charge >= 0.3 is 71.5 Å². The van der Waals surface area contributed by atoms with Crippen molar-refractivity contribution in [2.45, 2.75) is 32.4 Å². The number of benzene rings is 2. The van der Waals surface area contributed by atoms with Gasteiger partial charge in [0.15, 0.2) is 0 Å². The first-order valence-corrected chi connectivity index (χ1v) is 11.0. The first-order chi connectivity index (χ1) is 17.8. The number of carboxylic acid groups (broad SMARTS) is 1. The van der Waals surface area contributed by atoms with E-state index < -0.39 is 60.2 Å². The second-order valence-electron chi connectivity index (χ2n) is 8.29. The van der Waals surface area contributed by atoms with Crippen LogP contribution in [0.2, 0.25) is 0 Å². The maximum atomic E-state index is 13.7. The Kier molecular flexibility index (Phi) is 13.2. The third kappa shape index (κ3) is 9.53. The second-order valence-corrected chi connectivity index (χ2v) is 8.29. The molecule has 0 saturated heterocycles. The number of pyridine rings is 1. The largest absolute Gasteiger partial charge is 1.00 e. The van der Waals surface area contributed by atoms with Crippen LogP contribution in [0.4, 0.5) is 28.0 Å². The Morgan fingerprint density at radius 2 is 1.75 bits per heavy atom. The van der Waals surface area contributed by atoms with Crippen LogP contribution in [0, 0.1) is 6.92 Å². The maximum Gasteiger partial charge on any atom is 1.00 e. The Morgan fingerprint density at radius 3 is 2.35 bits per heavy atom. The fourth-order valence-corrected chi connectivity index (χ4v) is 3.67. The summed E-state index contributed by atoms with van der Waals surface area (Å²) in [5, 5.41) is 28.1. The van der Waals surface area contributed by atoms with Gasteiger partial charge in [-0.05, 0) is 59.5 Å². The molecule has 0 bridgehead atoms. The van der Waals surface area contributed by atoms with Crippen LogP contribution in [0.25, 0.3) is 11.1 Å². The van der Waals surface area contributed by atoms with Gasteiger partial charge in [-0.3, -0.25) is 4.79 Å². The van der Waals surface area contributed by atoms with Crippen molar-refractivity contribution in [1.29, 1.82) is 0 Å². The van der Waals surface area contributed by atoms with Gasteiger partial charge in [0.1, 0.15) is 18.1 Å². The molecule has 1 atom stereocenters. The molecule has 15 heteroatoms. The Labute approximate surface area is 270 Å². The Balaban J connectivity index is 0.00000400. The summed E-state index contributed by atoms with van der Waals surface area (Å²) in [5.41, 5.74) is -0.482. The monoisotopic (exact) mass is 581 g/mol. The third-order valence-corrected chi connectivity index (χ3v) is 5.52. The van der Waals surface area contributed by atoms with E-state index in [0.717, 1.165) is 22.8 Å². The van der Waals surface area contributed by atoms with E-state index in [4.69, 9.17) is 0 Å². The molecule has 0 unspecified atom stereocenters. The number of hydrogen-bond acceptors (Lipinski definition) is 6. The molecule has 2 amide bonds. The summed E-state index contributed by atoms with van der Waals surface area (Å²) in [7, 11) is 1.39. The zero-order valence-corrected chi connectivity index (χ0v) is 26.0. The number of ether oxygens (including phenoxy) is 1. The summed E-state index contributed by atoms with van der Waals surface area (Å²) in [4.78, 5) is 36.4. The van der Waals surface area contributed by atoms with E-state index in [2.05, 4.69) is 15.4 Å². The maximum absolute atomic E-state index is 13.7. The minimum absolute atomic E-state index is 0. The molecule has 2 aromatic carbocycles. The van der Waals surface area contributed by atoms with Crippen molar-refractivity contribution in [3.63, 3.8) is 0 Å². The summed E-state index contributed by atoms with van der Waals surface area (Å²) in [5.74, 6) is -2.88. The summed E-state index contributed by atoms with van der Waals surface area (Å²) in [6, 6.07) is 7.50. The van der Waals surface area contributed by atoms with Crippen LogP contribution in [-0.2, 0) is 18.5 Å².